The first-order chi connectivity index (χ1) is 37.2. The molecular weight excluding hydrogens is 921 g/mol. The van der Waals surface area contributed by atoms with Crippen molar-refractivity contribution in [3.8, 4) is 90.6 Å². The van der Waals surface area contributed by atoms with Crippen LogP contribution in [-0.4, -0.2) is 29.9 Å². The van der Waals surface area contributed by atoms with Gasteiger partial charge >= 0.3 is 0 Å². The number of hydrogen-bond acceptors (Lipinski definition) is 8. The van der Waals surface area contributed by atoms with Crippen LogP contribution in [0, 0.1) is 0 Å². The van der Waals surface area contributed by atoms with Gasteiger partial charge in [-0.05, 0) is 57.6 Å². The van der Waals surface area contributed by atoms with Gasteiger partial charge in [-0.25, -0.2) is 29.9 Å². The lowest BCUT2D eigenvalue weighted by atomic mass is 9.70. The summed E-state index contributed by atoms with van der Waals surface area (Å²) in [5.41, 5.74) is 15.9. The average molecular weight is 959 g/mol. The molecule has 0 radical (unpaired) electrons. The third-order valence-electron chi connectivity index (χ3n) is 15.2. The summed E-state index contributed by atoms with van der Waals surface area (Å²) >= 11 is 0. The highest BCUT2D eigenvalue weighted by atomic mass is 16.3. The van der Waals surface area contributed by atoms with Crippen molar-refractivity contribution in [2.75, 3.05) is 0 Å². The predicted molar refractivity (Wildman–Crippen MR) is 297 cm³/mol. The van der Waals surface area contributed by atoms with Gasteiger partial charge in [0, 0.05) is 60.5 Å². The Bertz CT molecular complexity index is 4490. The Labute approximate surface area is 429 Å². The van der Waals surface area contributed by atoms with Crippen LogP contribution in [-0.2, 0) is 5.41 Å². The molecular formula is C67H38N6O2. The van der Waals surface area contributed by atoms with Crippen molar-refractivity contribution >= 4 is 43.9 Å². The zero-order valence-electron chi connectivity index (χ0n) is 39.9. The molecule has 4 aromatic heterocycles. The highest BCUT2D eigenvalue weighted by Crippen LogP contribution is 2.67. The van der Waals surface area contributed by atoms with E-state index in [9.17, 15) is 0 Å². The lowest BCUT2D eigenvalue weighted by molar-refractivity contribution is 0.669. The van der Waals surface area contributed by atoms with Crippen LogP contribution in [0.3, 0.4) is 0 Å². The molecule has 14 aromatic rings. The maximum absolute atomic E-state index is 7.37. The molecule has 0 bridgehead atoms. The van der Waals surface area contributed by atoms with Crippen LogP contribution in [0.4, 0.5) is 0 Å². The van der Waals surface area contributed by atoms with Crippen molar-refractivity contribution in [2.45, 2.75) is 5.41 Å². The fraction of sp³-hybridized carbons (Fsp3) is 0.0149. The Kier molecular flexibility index (Phi) is 8.79. The van der Waals surface area contributed by atoms with E-state index in [1.807, 2.05) is 140 Å². The maximum atomic E-state index is 7.37. The van der Waals surface area contributed by atoms with Crippen molar-refractivity contribution < 1.29 is 8.83 Å². The molecule has 348 valence electrons. The summed E-state index contributed by atoms with van der Waals surface area (Å²) in [6.45, 7) is 0. The summed E-state index contributed by atoms with van der Waals surface area (Å²) in [5, 5.41) is 3.80. The molecule has 0 saturated carbocycles. The third-order valence-corrected chi connectivity index (χ3v) is 15.2. The van der Waals surface area contributed by atoms with E-state index in [4.69, 9.17) is 38.7 Å². The van der Waals surface area contributed by atoms with Crippen molar-refractivity contribution in [3.63, 3.8) is 0 Å². The van der Waals surface area contributed by atoms with Crippen LogP contribution in [0.5, 0.6) is 0 Å². The highest BCUT2D eigenvalue weighted by Gasteiger charge is 2.54. The van der Waals surface area contributed by atoms with Crippen LogP contribution in [0.1, 0.15) is 22.3 Å². The van der Waals surface area contributed by atoms with Gasteiger partial charge in [0.15, 0.2) is 34.9 Å². The Morgan fingerprint density at radius 1 is 0.267 bits per heavy atom. The van der Waals surface area contributed by atoms with E-state index in [1.165, 1.54) is 0 Å². The Morgan fingerprint density at radius 3 is 1.12 bits per heavy atom. The first-order valence-corrected chi connectivity index (χ1v) is 25.1. The van der Waals surface area contributed by atoms with Crippen LogP contribution < -0.4 is 0 Å². The molecule has 0 aliphatic heterocycles. The zero-order valence-corrected chi connectivity index (χ0v) is 39.9. The van der Waals surface area contributed by atoms with E-state index in [2.05, 4.69) is 91.0 Å². The van der Waals surface area contributed by atoms with Gasteiger partial charge in [-0.1, -0.05) is 206 Å². The van der Waals surface area contributed by atoms with E-state index in [-0.39, 0.29) is 0 Å². The van der Waals surface area contributed by atoms with E-state index >= 15 is 0 Å². The van der Waals surface area contributed by atoms with E-state index in [1.54, 1.807) is 0 Å². The molecule has 10 aromatic carbocycles. The van der Waals surface area contributed by atoms with Gasteiger partial charge in [-0.3, -0.25) is 0 Å². The second-order valence-electron chi connectivity index (χ2n) is 19.2. The van der Waals surface area contributed by atoms with Gasteiger partial charge in [0.25, 0.3) is 0 Å². The summed E-state index contributed by atoms with van der Waals surface area (Å²) in [7, 11) is 0. The lowest BCUT2D eigenvalue weighted by Crippen LogP contribution is -2.26. The number of para-hydroxylation sites is 2. The topological polar surface area (TPSA) is 104 Å². The smallest absolute Gasteiger partial charge is 0.167 e. The molecule has 0 N–H and O–H groups in total. The van der Waals surface area contributed by atoms with Crippen molar-refractivity contribution in [2.24, 2.45) is 0 Å². The van der Waals surface area contributed by atoms with E-state index in [0.29, 0.717) is 40.5 Å². The van der Waals surface area contributed by atoms with Crippen molar-refractivity contribution in [1.82, 2.24) is 29.9 Å². The third kappa shape index (κ3) is 5.99. The number of nitrogens with zero attached hydrogens (tertiary/aromatic N) is 6. The second kappa shape index (κ2) is 15.9. The van der Waals surface area contributed by atoms with Gasteiger partial charge < -0.3 is 8.83 Å². The van der Waals surface area contributed by atoms with E-state index in [0.717, 1.165) is 116 Å². The number of fused-ring (bicyclic) bond motifs is 18. The first kappa shape index (κ1) is 41.4. The quantitative estimate of drug-likeness (QED) is 0.162. The summed E-state index contributed by atoms with van der Waals surface area (Å²) in [6.07, 6.45) is 0. The van der Waals surface area contributed by atoms with Crippen LogP contribution in [0.25, 0.3) is 134 Å². The Morgan fingerprint density at radius 2 is 0.627 bits per heavy atom. The molecule has 0 unspecified atom stereocenters. The number of rotatable bonds is 6. The normalized spacial score (nSPS) is 12.9. The zero-order chi connectivity index (χ0) is 49.2. The predicted octanol–water partition coefficient (Wildman–Crippen LogP) is 16.2. The Balaban J connectivity index is 1.09. The number of benzene rings is 10. The molecule has 16 rings (SSSR count). The minimum absolute atomic E-state index is 0.502. The first-order valence-electron chi connectivity index (χ1n) is 25.1. The summed E-state index contributed by atoms with van der Waals surface area (Å²) in [5.74, 6) is 3.33. The highest BCUT2D eigenvalue weighted by molar-refractivity contribution is 6.25. The largest absolute Gasteiger partial charge is 0.455 e. The molecule has 8 nitrogen and oxygen atoms in total. The fourth-order valence-electron chi connectivity index (χ4n) is 12.1. The van der Waals surface area contributed by atoms with Crippen LogP contribution in [0.2, 0.25) is 0 Å². The molecule has 0 amide bonds. The molecule has 75 heavy (non-hydrogen) atoms. The molecule has 8 heteroatoms. The van der Waals surface area contributed by atoms with Crippen molar-refractivity contribution in [1.29, 1.82) is 0 Å². The molecule has 1 spiro atoms. The number of hydrogen-bond donors (Lipinski definition) is 0. The molecule has 2 aliphatic carbocycles. The monoisotopic (exact) mass is 958 g/mol. The lowest BCUT2D eigenvalue weighted by Gasteiger charge is -2.31. The van der Waals surface area contributed by atoms with Gasteiger partial charge in [0.2, 0.25) is 0 Å². The fourth-order valence-corrected chi connectivity index (χ4v) is 12.1. The van der Waals surface area contributed by atoms with Gasteiger partial charge in [-0.15, -0.1) is 0 Å². The molecule has 2 aliphatic rings. The van der Waals surface area contributed by atoms with Crippen molar-refractivity contribution in [3.05, 3.63) is 253 Å². The SMILES string of the molecule is c1ccc(-c2nc(-c3ccccc3)nc(-c3cc4c(c5c3oc3ccccc35)-c3c(cc(-c5nc(-c6ccccc6)nc(-c6ccccc6)n5)c5c3oc3ccccc35)C43c4ccccc4-c4ccccc43)n2)cc1. The summed E-state index contributed by atoms with van der Waals surface area (Å²) in [4.78, 5) is 31.8. The van der Waals surface area contributed by atoms with Gasteiger partial charge in [-0.2, -0.15) is 0 Å². The second-order valence-corrected chi connectivity index (χ2v) is 19.2. The maximum Gasteiger partial charge on any atom is 0.167 e. The standard InChI is InChI=1S/C67H38N6O2/c1-5-21-39(22-6-1)61-68-62(40-23-7-2-8-24-40)71-65(70-61)47-37-52-58(60-55(47)45-31-15-19-35-53(45)75-60)57-51(67(52)49-33-17-13-29-43(49)44-30-14-18-34-50(44)67)38-48(59-56(57)46-32-16-20-36-54(46)74-59)66-72-63(41-25-9-3-10-26-41)69-64(73-66)42-27-11-4-12-28-42/h1-38H. The number of aromatic nitrogens is 6. The van der Waals surface area contributed by atoms with Crippen LogP contribution >= 0.6 is 0 Å². The molecule has 0 fully saturated rings. The molecule has 4 heterocycles. The summed E-state index contributed by atoms with van der Waals surface area (Å²) < 4.78 is 14.5. The van der Waals surface area contributed by atoms with Gasteiger partial charge in [0.05, 0.1) is 11.0 Å². The molecule has 0 saturated heterocycles. The number of furan rings is 2. The molecule has 0 atom stereocenters. The average Bonchev–Trinajstić information content (AvgIpc) is 4.35. The Hall–Kier alpha value is -10.2. The minimum atomic E-state index is -0.893. The van der Waals surface area contributed by atoms with E-state index < -0.39 is 5.41 Å². The van der Waals surface area contributed by atoms with Crippen LogP contribution in [0.15, 0.2) is 239 Å². The van der Waals surface area contributed by atoms with Gasteiger partial charge in [0.1, 0.15) is 22.3 Å². The summed E-state index contributed by atoms with van der Waals surface area (Å²) in [6, 6.07) is 79.5. The minimum Gasteiger partial charge on any atom is -0.455 e.